The second-order valence-corrected chi connectivity index (χ2v) is 3.65. The van der Waals surface area contributed by atoms with Gasteiger partial charge in [0.05, 0.1) is 11.3 Å². The number of aromatic nitrogens is 2. The largest absolute Gasteiger partial charge is 0.455 e. The lowest BCUT2D eigenvalue weighted by atomic mass is 10.1. The van der Waals surface area contributed by atoms with Gasteiger partial charge in [-0.25, -0.2) is 0 Å². The van der Waals surface area contributed by atoms with Crippen LogP contribution in [0.15, 0.2) is 0 Å². The predicted octanol–water partition coefficient (Wildman–Crippen LogP) is 2.81. The number of rotatable bonds is 2. The number of Topliss-reactive ketones (excluding diaryl/α,β-unsaturated/α-hetero) is 1. The summed E-state index contributed by atoms with van der Waals surface area (Å²) in [7, 11) is 0. The number of alkyl halides is 6. The molecule has 18 heavy (non-hydrogen) atoms. The maximum atomic E-state index is 12.2. The molecule has 0 spiro atoms. The van der Waals surface area contributed by atoms with Crippen molar-refractivity contribution in [1.82, 2.24) is 9.78 Å². The minimum Gasteiger partial charge on any atom is -0.284 e. The fourth-order valence-electron chi connectivity index (χ4n) is 1.49. The molecule has 0 amide bonds. The zero-order chi connectivity index (χ0) is 14.3. The number of carbonyl (C=O) groups is 1. The molecule has 0 unspecified atom stereocenters. The van der Waals surface area contributed by atoms with Gasteiger partial charge in [-0.1, -0.05) is 0 Å². The van der Waals surface area contributed by atoms with Crippen molar-refractivity contribution >= 4 is 5.78 Å². The summed E-state index contributed by atoms with van der Waals surface area (Å²) < 4.78 is 73.4. The van der Waals surface area contributed by atoms with E-state index in [1.165, 1.54) is 0 Å². The van der Waals surface area contributed by atoms with E-state index in [9.17, 15) is 31.1 Å². The van der Waals surface area contributed by atoms with E-state index in [1.807, 2.05) is 0 Å². The minimum atomic E-state index is -5.14. The maximum absolute atomic E-state index is 12.2. The third-order valence-corrected chi connectivity index (χ3v) is 2.20. The average molecular weight is 274 g/mol. The average Bonchev–Trinajstić information content (AvgIpc) is 2.36. The van der Waals surface area contributed by atoms with Gasteiger partial charge in [-0.3, -0.25) is 9.48 Å². The lowest BCUT2D eigenvalue weighted by Gasteiger charge is -2.09. The molecule has 0 aliphatic heterocycles. The van der Waals surface area contributed by atoms with Crippen LogP contribution < -0.4 is 0 Å². The van der Waals surface area contributed by atoms with Crippen LogP contribution in [0.3, 0.4) is 0 Å². The molecule has 1 aromatic rings. The highest BCUT2D eigenvalue weighted by molar-refractivity contribution is 6.02. The van der Waals surface area contributed by atoms with Gasteiger partial charge >= 0.3 is 12.4 Å². The molecule has 1 aromatic heterocycles. The Labute approximate surface area is 97.4 Å². The van der Waals surface area contributed by atoms with Gasteiger partial charge < -0.3 is 0 Å². The van der Waals surface area contributed by atoms with E-state index in [0.717, 1.165) is 13.8 Å². The van der Waals surface area contributed by atoms with E-state index < -0.39 is 35.9 Å². The Morgan fingerprint density at radius 1 is 1.17 bits per heavy atom. The van der Waals surface area contributed by atoms with E-state index in [4.69, 9.17) is 0 Å². The second kappa shape index (κ2) is 4.29. The lowest BCUT2D eigenvalue weighted by Crippen LogP contribution is -2.24. The summed E-state index contributed by atoms with van der Waals surface area (Å²) in [6, 6.07) is 0. The molecule has 0 fully saturated rings. The normalized spacial score (nSPS) is 12.9. The van der Waals surface area contributed by atoms with Gasteiger partial charge in [-0.05, 0) is 13.8 Å². The summed E-state index contributed by atoms with van der Waals surface area (Å²) >= 11 is 0. The first kappa shape index (κ1) is 14.5. The Kier molecular flexibility index (Phi) is 3.46. The maximum Gasteiger partial charge on any atom is 0.455 e. The SMILES string of the molecule is Cc1nn(CC(F)(F)F)c(C)c1C(=O)C(F)(F)F. The topological polar surface area (TPSA) is 34.9 Å². The molecule has 0 saturated heterocycles. The first-order valence-electron chi connectivity index (χ1n) is 4.66. The molecule has 0 bridgehead atoms. The predicted molar refractivity (Wildman–Crippen MR) is 48.1 cm³/mol. The van der Waals surface area contributed by atoms with Gasteiger partial charge in [0, 0.05) is 5.69 Å². The Bertz CT molecular complexity index is 471. The number of halogens is 6. The zero-order valence-electron chi connectivity index (χ0n) is 9.28. The van der Waals surface area contributed by atoms with Crippen molar-refractivity contribution in [3.05, 3.63) is 17.0 Å². The van der Waals surface area contributed by atoms with Crippen molar-refractivity contribution < 1.29 is 31.1 Å². The van der Waals surface area contributed by atoms with Crippen molar-refractivity contribution in [2.75, 3.05) is 0 Å². The Balaban J connectivity index is 3.21. The van der Waals surface area contributed by atoms with Gasteiger partial charge in [0.1, 0.15) is 6.54 Å². The van der Waals surface area contributed by atoms with Crippen LogP contribution in [0.4, 0.5) is 26.3 Å². The van der Waals surface area contributed by atoms with Gasteiger partial charge in [-0.2, -0.15) is 31.4 Å². The van der Waals surface area contributed by atoms with E-state index in [-0.39, 0.29) is 5.69 Å². The fourth-order valence-corrected chi connectivity index (χ4v) is 1.49. The molecule has 1 heterocycles. The van der Waals surface area contributed by atoms with E-state index in [1.54, 1.807) is 0 Å². The summed E-state index contributed by atoms with van der Waals surface area (Å²) in [4.78, 5) is 11.0. The van der Waals surface area contributed by atoms with Crippen LogP contribution in [-0.4, -0.2) is 27.9 Å². The summed E-state index contributed by atoms with van der Waals surface area (Å²) in [5.74, 6) is -2.19. The molecule has 0 N–H and O–H groups in total. The van der Waals surface area contributed by atoms with E-state index in [0.29, 0.717) is 4.68 Å². The Hall–Kier alpha value is -1.54. The highest BCUT2D eigenvalue weighted by Gasteiger charge is 2.42. The molecule has 1 rings (SSSR count). The summed E-state index contributed by atoms with van der Waals surface area (Å²) in [5, 5.41) is 3.31. The summed E-state index contributed by atoms with van der Waals surface area (Å²) in [6.07, 6.45) is -9.76. The molecule has 0 aliphatic carbocycles. The van der Waals surface area contributed by atoms with Crippen molar-refractivity contribution in [2.24, 2.45) is 0 Å². The quantitative estimate of drug-likeness (QED) is 0.614. The summed E-state index contributed by atoms with van der Waals surface area (Å²) in [5.41, 5.74) is -1.65. The molecular weight excluding hydrogens is 266 g/mol. The molecule has 0 saturated carbocycles. The number of hydrogen-bond donors (Lipinski definition) is 0. The van der Waals surface area contributed by atoms with Crippen LogP contribution >= 0.6 is 0 Å². The van der Waals surface area contributed by atoms with Gasteiger partial charge in [-0.15, -0.1) is 0 Å². The van der Waals surface area contributed by atoms with E-state index in [2.05, 4.69) is 5.10 Å². The summed E-state index contributed by atoms with van der Waals surface area (Å²) in [6.45, 7) is 0.508. The highest BCUT2D eigenvalue weighted by atomic mass is 19.4. The van der Waals surface area contributed by atoms with Crippen molar-refractivity contribution in [2.45, 2.75) is 32.7 Å². The number of carbonyl (C=O) groups excluding carboxylic acids is 1. The fraction of sp³-hybridized carbons (Fsp3) is 0.556. The smallest absolute Gasteiger partial charge is 0.284 e. The van der Waals surface area contributed by atoms with Crippen molar-refractivity contribution in [1.29, 1.82) is 0 Å². The zero-order valence-corrected chi connectivity index (χ0v) is 9.28. The van der Waals surface area contributed by atoms with Crippen molar-refractivity contribution in [3.8, 4) is 0 Å². The molecule has 3 nitrogen and oxygen atoms in total. The van der Waals surface area contributed by atoms with Crippen LogP contribution in [0.5, 0.6) is 0 Å². The number of hydrogen-bond acceptors (Lipinski definition) is 2. The third-order valence-electron chi connectivity index (χ3n) is 2.20. The minimum absolute atomic E-state index is 0.342. The Morgan fingerprint density at radius 2 is 1.67 bits per heavy atom. The van der Waals surface area contributed by atoms with Crippen LogP contribution in [0.2, 0.25) is 0 Å². The van der Waals surface area contributed by atoms with Gasteiger partial charge in [0.2, 0.25) is 0 Å². The van der Waals surface area contributed by atoms with Crippen LogP contribution in [0.1, 0.15) is 21.7 Å². The van der Waals surface area contributed by atoms with Crippen molar-refractivity contribution in [3.63, 3.8) is 0 Å². The number of nitrogens with zero attached hydrogens (tertiary/aromatic N) is 2. The third kappa shape index (κ3) is 3.02. The first-order chi connectivity index (χ1) is 7.93. The monoisotopic (exact) mass is 274 g/mol. The highest BCUT2D eigenvalue weighted by Crippen LogP contribution is 2.27. The molecule has 0 aliphatic rings. The molecule has 0 radical (unpaired) electrons. The van der Waals surface area contributed by atoms with Gasteiger partial charge in [0.15, 0.2) is 0 Å². The number of ketones is 1. The standard InChI is InChI=1S/C9H8F6N2O/c1-4-6(7(18)9(13,14)15)5(2)17(16-4)3-8(10,11)12/h3H2,1-2H3. The number of aryl methyl sites for hydroxylation is 1. The van der Waals surface area contributed by atoms with Crippen LogP contribution in [-0.2, 0) is 6.54 Å². The lowest BCUT2D eigenvalue weighted by molar-refractivity contribution is -0.142. The van der Waals surface area contributed by atoms with Crippen LogP contribution in [0, 0.1) is 13.8 Å². The molecule has 0 atom stereocenters. The van der Waals surface area contributed by atoms with E-state index >= 15 is 0 Å². The molecule has 102 valence electrons. The first-order valence-corrected chi connectivity index (χ1v) is 4.66. The molecule has 9 heteroatoms. The Morgan fingerprint density at radius 3 is 2.06 bits per heavy atom. The molecular formula is C9H8F6N2O. The second-order valence-electron chi connectivity index (χ2n) is 3.65. The van der Waals surface area contributed by atoms with Gasteiger partial charge in [0.25, 0.3) is 5.78 Å². The molecule has 0 aromatic carbocycles. The van der Waals surface area contributed by atoms with Crippen LogP contribution in [0.25, 0.3) is 0 Å².